The molecular weight excluding hydrogens is 312 g/mol. The van der Waals surface area contributed by atoms with E-state index in [1.54, 1.807) is 20.8 Å². The topological polar surface area (TPSA) is 93.7 Å². The molecule has 0 aromatic carbocycles. The van der Waals surface area contributed by atoms with Crippen molar-refractivity contribution in [3.8, 4) is 0 Å². The zero-order valence-corrected chi connectivity index (χ0v) is 15.9. The molecule has 0 radical (unpaired) electrons. The molecule has 0 aromatic heterocycles. The summed E-state index contributed by atoms with van der Waals surface area (Å²) in [5.41, 5.74) is -0.655. The van der Waals surface area contributed by atoms with Crippen LogP contribution in [0.3, 0.4) is 0 Å². The summed E-state index contributed by atoms with van der Waals surface area (Å²) in [4.78, 5) is 36.3. The van der Waals surface area contributed by atoms with Gasteiger partial charge in [-0.2, -0.15) is 0 Å². The van der Waals surface area contributed by atoms with E-state index in [2.05, 4.69) is 10.6 Å². The Morgan fingerprint density at radius 1 is 1.08 bits per heavy atom. The van der Waals surface area contributed by atoms with Gasteiger partial charge in [0.2, 0.25) is 5.91 Å². The first-order chi connectivity index (χ1) is 11.1. The van der Waals surface area contributed by atoms with E-state index >= 15 is 0 Å². The minimum absolute atomic E-state index is 0.113. The van der Waals surface area contributed by atoms with Gasteiger partial charge < -0.3 is 20.1 Å². The molecule has 0 heterocycles. The minimum atomic E-state index is -0.783. The number of carbonyl (C=O) groups excluding carboxylic acids is 3. The molecule has 0 aliphatic rings. The van der Waals surface area contributed by atoms with Crippen LogP contribution in [-0.2, 0) is 19.1 Å². The average Bonchev–Trinajstić information content (AvgIpc) is 2.48. The number of carbonyl (C=O) groups is 3. The average molecular weight is 344 g/mol. The van der Waals surface area contributed by atoms with Gasteiger partial charge in [-0.05, 0) is 33.1 Å². The number of hydrogen-bond acceptors (Lipinski definition) is 5. The molecule has 140 valence electrons. The number of nitrogens with one attached hydrogen (secondary N) is 2. The standard InChI is InChI=1S/C17H32N2O5/c1-8-10-12(15(21)23-7)18-14(20)13(11(3)9-2)19-16(22)24-17(4,5)6/h11-13H,8-10H2,1-7H3,(H,18,20)(H,19,22)/t11-,12-,13-/m0/s1. The maximum Gasteiger partial charge on any atom is 0.408 e. The van der Waals surface area contributed by atoms with Crippen LogP contribution in [0.4, 0.5) is 4.79 Å². The Labute approximate surface area is 144 Å². The van der Waals surface area contributed by atoms with Crippen molar-refractivity contribution in [2.75, 3.05) is 7.11 Å². The van der Waals surface area contributed by atoms with Crippen molar-refractivity contribution in [1.82, 2.24) is 10.6 Å². The quantitative estimate of drug-likeness (QED) is 0.659. The van der Waals surface area contributed by atoms with Gasteiger partial charge in [0, 0.05) is 0 Å². The molecule has 0 spiro atoms. The first kappa shape index (κ1) is 22.2. The number of alkyl carbamates (subject to hydrolysis) is 1. The van der Waals surface area contributed by atoms with Gasteiger partial charge in [-0.15, -0.1) is 0 Å². The van der Waals surface area contributed by atoms with E-state index in [-0.39, 0.29) is 5.92 Å². The zero-order valence-electron chi connectivity index (χ0n) is 15.9. The third-order valence-electron chi connectivity index (χ3n) is 3.55. The van der Waals surface area contributed by atoms with Crippen LogP contribution in [0, 0.1) is 5.92 Å². The lowest BCUT2D eigenvalue weighted by Gasteiger charge is -2.27. The van der Waals surface area contributed by atoms with Crippen LogP contribution in [0.25, 0.3) is 0 Å². The number of rotatable bonds is 8. The summed E-state index contributed by atoms with van der Waals surface area (Å²) in [5, 5.41) is 5.27. The third-order valence-corrected chi connectivity index (χ3v) is 3.55. The van der Waals surface area contributed by atoms with Gasteiger partial charge >= 0.3 is 12.1 Å². The van der Waals surface area contributed by atoms with Gasteiger partial charge in [0.05, 0.1) is 7.11 Å². The second-order valence-electron chi connectivity index (χ2n) is 6.88. The van der Waals surface area contributed by atoms with E-state index in [0.717, 1.165) is 0 Å². The second-order valence-corrected chi connectivity index (χ2v) is 6.88. The van der Waals surface area contributed by atoms with Crippen LogP contribution in [0.2, 0.25) is 0 Å². The highest BCUT2D eigenvalue weighted by Gasteiger charge is 2.31. The molecule has 0 bridgehead atoms. The molecule has 0 rings (SSSR count). The first-order valence-corrected chi connectivity index (χ1v) is 8.43. The summed E-state index contributed by atoms with van der Waals surface area (Å²) in [6.45, 7) is 10.9. The second kappa shape index (κ2) is 10.2. The molecular formula is C17H32N2O5. The Kier molecular flexibility index (Phi) is 9.40. The molecule has 3 atom stereocenters. The van der Waals surface area contributed by atoms with Crippen molar-refractivity contribution in [1.29, 1.82) is 0 Å². The molecule has 0 saturated carbocycles. The lowest BCUT2D eigenvalue weighted by molar-refractivity contribution is -0.145. The normalized spacial score (nSPS) is 15.0. The molecule has 2 amide bonds. The predicted octanol–water partition coefficient (Wildman–Crippen LogP) is 2.38. The van der Waals surface area contributed by atoms with Crippen molar-refractivity contribution < 1.29 is 23.9 Å². The van der Waals surface area contributed by atoms with Crippen molar-refractivity contribution >= 4 is 18.0 Å². The van der Waals surface area contributed by atoms with Crippen LogP contribution in [0.1, 0.15) is 60.8 Å². The Morgan fingerprint density at radius 3 is 2.08 bits per heavy atom. The molecule has 0 unspecified atom stereocenters. The number of amides is 2. The van der Waals surface area contributed by atoms with E-state index in [1.807, 2.05) is 20.8 Å². The van der Waals surface area contributed by atoms with E-state index < -0.39 is 35.7 Å². The highest BCUT2D eigenvalue weighted by Crippen LogP contribution is 2.12. The van der Waals surface area contributed by atoms with E-state index in [9.17, 15) is 14.4 Å². The molecule has 0 saturated heterocycles. The minimum Gasteiger partial charge on any atom is -0.467 e. The predicted molar refractivity (Wildman–Crippen MR) is 91.5 cm³/mol. The highest BCUT2D eigenvalue weighted by molar-refractivity contribution is 5.89. The zero-order chi connectivity index (χ0) is 18.9. The Morgan fingerprint density at radius 2 is 1.67 bits per heavy atom. The fraction of sp³-hybridized carbons (Fsp3) is 0.824. The summed E-state index contributed by atoms with van der Waals surface area (Å²) >= 11 is 0. The van der Waals surface area contributed by atoms with Gasteiger partial charge in [0.25, 0.3) is 0 Å². The van der Waals surface area contributed by atoms with Crippen molar-refractivity contribution in [3.63, 3.8) is 0 Å². The van der Waals surface area contributed by atoms with Crippen molar-refractivity contribution in [2.24, 2.45) is 5.92 Å². The van der Waals surface area contributed by atoms with Gasteiger partial charge in [-0.1, -0.05) is 33.6 Å². The maximum absolute atomic E-state index is 12.6. The highest BCUT2D eigenvalue weighted by atomic mass is 16.6. The van der Waals surface area contributed by atoms with Crippen LogP contribution in [0.15, 0.2) is 0 Å². The summed E-state index contributed by atoms with van der Waals surface area (Å²) in [6.07, 6.45) is 1.21. The lowest BCUT2D eigenvalue weighted by Crippen LogP contribution is -2.54. The fourth-order valence-corrected chi connectivity index (χ4v) is 2.08. The van der Waals surface area contributed by atoms with Crippen molar-refractivity contribution in [2.45, 2.75) is 78.5 Å². The van der Waals surface area contributed by atoms with E-state index in [1.165, 1.54) is 7.11 Å². The third kappa shape index (κ3) is 8.17. The number of hydrogen-bond donors (Lipinski definition) is 2. The Hall–Kier alpha value is -1.79. The van der Waals surface area contributed by atoms with Gasteiger partial charge in [-0.25, -0.2) is 9.59 Å². The molecule has 0 fully saturated rings. The monoisotopic (exact) mass is 344 g/mol. The summed E-state index contributed by atoms with van der Waals surface area (Å²) in [5.74, 6) is -1.03. The van der Waals surface area contributed by atoms with Crippen LogP contribution >= 0.6 is 0 Å². The molecule has 7 heteroatoms. The molecule has 0 aliphatic heterocycles. The lowest BCUT2D eigenvalue weighted by atomic mass is 9.98. The smallest absolute Gasteiger partial charge is 0.408 e. The Bertz CT molecular complexity index is 431. The van der Waals surface area contributed by atoms with E-state index in [4.69, 9.17) is 9.47 Å². The number of methoxy groups -OCH3 is 1. The van der Waals surface area contributed by atoms with Crippen LogP contribution in [-0.4, -0.2) is 42.8 Å². The van der Waals surface area contributed by atoms with E-state index in [0.29, 0.717) is 19.3 Å². The van der Waals surface area contributed by atoms with Crippen molar-refractivity contribution in [3.05, 3.63) is 0 Å². The molecule has 0 aliphatic carbocycles. The molecule has 2 N–H and O–H groups in total. The summed E-state index contributed by atoms with van der Waals surface area (Å²) in [6, 6.07) is -1.51. The van der Waals surface area contributed by atoms with Gasteiger partial charge in [0.15, 0.2) is 0 Å². The fourth-order valence-electron chi connectivity index (χ4n) is 2.08. The molecule has 24 heavy (non-hydrogen) atoms. The Balaban J connectivity index is 5.06. The molecule has 7 nitrogen and oxygen atoms in total. The van der Waals surface area contributed by atoms with Gasteiger partial charge in [-0.3, -0.25) is 4.79 Å². The van der Waals surface area contributed by atoms with Crippen LogP contribution < -0.4 is 10.6 Å². The SMILES string of the molecule is CCC[C@H](NC(=O)[C@@H](NC(=O)OC(C)(C)C)[C@@H](C)CC)C(=O)OC. The molecule has 0 aromatic rings. The number of esters is 1. The largest absolute Gasteiger partial charge is 0.467 e. The van der Waals surface area contributed by atoms with Crippen LogP contribution in [0.5, 0.6) is 0 Å². The van der Waals surface area contributed by atoms with Gasteiger partial charge in [0.1, 0.15) is 17.7 Å². The summed E-state index contributed by atoms with van der Waals surface area (Å²) < 4.78 is 9.93. The summed E-state index contributed by atoms with van der Waals surface area (Å²) in [7, 11) is 1.28. The number of ether oxygens (including phenoxy) is 2. The maximum atomic E-state index is 12.6. The first-order valence-electron chi connectivity index (χ1n) is 8.43.